The molecule has 3 aromatic rings. The standard InChI is InChI=1S/C23H27N5O2S/c1-3-30-20-10-8-19(9-11-20)28-21(17-12-14-24-15-13-17)26-27-23(28)31-16(2)22(29)25-18-6-4-5-7-18/h8-16,18H,3-7H2,1-2H3,(H,25,29). The number of carbonyl (C=O) groups is 1. The van der Waals surface area contributed by atoms with Gasteiger partial charge in [-0.3, -0.25) is 14.3 Å². The molecule has 1 unspecified atom stereocenters. The Balaban J connectivity index is 1.62. The Hall–Kier alpha value is -2.87. The average molecular weight is 438 g/mol. The van der Waals surface area contributed by atoms with Crippen LogP contribution in [0.2, 0.25) is 0 Å². The molecule has 8 heteroatoms. The highest BCUT2D eigenvalue weighted by atomic mass is 32.2. The minimum absolute atomic E-state index is 0.0450. The molecule has 1 N–H and O–H groups in total. The van der Waals surface area contributed by atoms with Crippen LogP contribution >= 0.6 is 11.8 Å². The maximum atomic E-state index is 12.7. The number of nitrogens with one attached hydrogen (secondary N) is 1. The summed E-state index contributed by atoms with van der Waals surface area (Å²) in [5.41, 5.74) is 1.82. The lowest BCUT2D eigenvalue weighted by Crippen LogP contribution is -2.37. The summed E-state index contributed by atoms with van der Waals surface area (Å²) in [5.74, 6) is 1.56. The van der Waals surface area contributed by atoms with E-state index in [4.69, 9.17) is 4.74 Å². The summed E-state index contributed by atoms with van der Waals surface area (Å²) in [5, 5.41) is 12.4. The van der Waals surface area contributed by atoms with E-state index in [1.165, 1.54) is 24.6 Å². The van der Waals surface area contributed by atoms with Crippen molar-refractivity contribution in [2.45, 2.75) is 56.0 Å². The predicted octanol–water partition coefficient (Wildman–Crippen LogP) is 4.27. The minimum atomic E-state index is -0.281. The zero-order valence-corrected chi connectivity index (χ0v) is 18.6. The second kappa shape index (κ2) is 9.96. The number of nitrogens with zero attached hydrogens (tertiary/aromatic N) is 4. The van der Waals surface area contributed by atoms with Crippen molar-refractivity contribution in [3.8, 4) is 22.8 Å². The van der Waals surface area contributed by atoms with Crippen molar-refractivity contribution >= 4 is 17.7 Å². The normalized spacial score (nSPS) is 15.0. The summed E-state index contributed by atoms with van der Waals surface area (Å²) >= 11 is 1.42. The van der Waals surface area contributed by atoms with Crippen molar-refractivity contribution in [1.29, 1.82) is 0 Å². The smallest absolute Gasteiger partial charge is 0.233 e. The highest BCUT2D eigenvalue weighted by Gasteiger charge is 2.24. The molecule has 0 bridgehead atoms. The van der Waals surface area contributed by atoms with Crippen LogP contribution < -0.4 is 10.1 Å². The van der Waals surface area contributed by atoms with Gasteiger partial charge in [0.2, 0.25) is 5.91 Å². The fraction of sp³-hybridized carbons (Fsp3) is 0.391. The Bertz CT molecular complexity index is 1000. The molecule has 1 amide bonds. The monoisotopic (exact) mass is 437 g/mol. The van der Waals surface area contributed by atoms with E-state index in [9.17, 15) is 4.79 Å². The number of amides is 1. The number of hydrogen-bond donors (Lipinski definition) is 1. The first kappa shape index (κ1) is 21.4. The Labute approximate surface area is 186 Å². The molecule has 0 saturated heterocycles. The van der Waals surface area contributed by atoms with Crippen molar-refractivity contribution in [3.63, 3.8) is 0 Å². The molecule has 162 valence electrons. The van der Waals surface area contributed by atoms with Gasteiger partial charge in [0.05, 0.1) is 11.9 Å². The van der Waals surface area contributed by atoms with Gasteiger partial charge in [-0.15, -0.1) is 10.2 Å². The molecule has 1 fully saturated rings. The van der Waals surface area contributed by atoms with Crippen LogP contribution in [0.5, 0.6) is 5.75 Å². The fourth-order valence-electron chi connectivity index (χ4n) is 3.73. The van der Waals surface area contributed by atoms with Gasteiger partial charge in [-0.2, -0.15) is 0 Å². The lowest BCUT2D eigenvalue weighted by Gasteiger charge is -2.17. The van der Waals surface area contributed by atoms with Gasteiger partial charge in [0.25, 0.3) is 0 Å². The average Bonchev–Trinajstić information content (AvgIpc) is 3.45. The number of hydrogen-bond acceptors (Lipinski definition) is 6. The summed E-state index contributed by atoms with van der Waals surface area (Å²) in [4.78, 5) is 16.8. The third kappa shape index (κ3) is 5.07. The maximum Gasteiger partial charge on any atom is 0.233 e. The van der Waals surface area contributed by atoms with Crippen LogP contribution in [0.4, 0.5) is 0 Å². The van der Waals surface area contributed by atoms with Crippen molar-refractivity contribution in [3.05, 3.63) is 48.8 Å². The SMILES string of the molecule is CCOc1ccc(-n2c(SC(C)C(=O)NC3CCCC3)nnc2-c2ccncc2)cc1. The van der Waals surface area contributed by atoms with Crippen LogP contribution in [0.25, 0.3) is 17.1 Å². The fourth-order valence-corrected chi connectivity index (χ4v) is 4.60. The molecule has 1 atom stereocenters. The van der Waals surface area contributed by atoms with Gasteiger partial charge in [-0.1, -0.05) is 24.6 Å². The van der Waals surface area contributed by atoms with Crippen LogP contribution in [-0.2, 0) is 4.79 Å². The van der Waals surface area contributed by atoms with E-state index in [2.05, 4.69) is 20.5 Å². The van der Waals surface area contributed by atoms with Gasteiger partial charge in [0.1, 0.15) is 5.75 Å². The van der Waals surface area contributed by atoms with Crippen LogP contribution in [0, 0.1) is 0 Å². The van der Waals surface area contributed by atoms with E-state index in [0.29, 0.717) is 23.6 Å². The summed E-state index contributed by atoms with van der Waals surface area (Å²) < 4.78 is 7.56. The molecular weight excluding hydrogens is 410 g/mol. The van der Waals surface area contributed by atoms with E-state index in [1.54, 1.807) is 12.4 Å². The van der Waals surface area contributed by atoms with Crippen LogP contribution in [0.15, 0.2) is 53.9 Å². The van der Waals surface area contributed by atoms with Crippen molar-refractivity contribution < 1.29 is 9.53 Å². The van der Waals surface area contributed by atoms with Crippen LogP contribution in [-0.4, -0.2) is 43.6 Å². The zero-order valence-electron chi connectivity index (χ0n) is 17.8. The molecule has 2 aromatic heterocycles. The van der Waals surface area contributed by atoms with Crippen molar-refractivity contribution in [2.75, 3.05) is 6.61 Å². The molecule has 1 aromatic carbocycles. The third-order valence-electron chi connectivity index (χ3n) is 5.33. The Morgan fingerprint density at radius 3 is 2.55 bits per heavy atom. The quantitative estimate of drug-likeness (QED) is 0.530. The van der Waals surface area contributed by atoms with E-state index in [0.717, 1.165) is 29.8 Å². The van der Waals surface area contributed by atoms with Gasteiger partial charge < -0.3 is 10.1 Å². The molecule has 31 heavy (non-hydrogen) atoms. The molecule has 4 rings (SSSR count). The molecule has 0 radical (unpaired) electrons. The van der Waals surface area contributed by atoms with E-state index >= 15 is 0 Å². The lowest BCUT2D eigenvalue weighted by molar-refractivity contribution is -0.120. The highest BCUT2D eigenvalue weighted by Crippen LogP contribution is 2.31. The van der Waals surface area contributed by atoms with Crippen LogP contribution in [0.3, 0.4) is 0 Å². The Kier molecular flexibility index (Phi) is 6.86. The second-order valence-corrected chi connectivity index (χ2v) is 8.86. The third-order valence-corrected chi connectivity index (χ3v) is 6.37. The largest absolute Gasteiger partial charge is 0.494 e. The van der Waals surface area contributed by atoms with Crippen LogP contribution in [0.1, 0.15) is 39.5 Å². The zero-order chi connectivity index (χ0) is 21.6. The molecule has 2 heterocycles. The predicted molar refractivity (Wildman–Crippen MR) is 121 cm³/mol. The molecule has 1 saturated carbocycles. The highest BCUT2D eigenvalue weighted by molar-refractivity contribution is 8.00. The summed E-state index contributed by atoms with van der Waals surface area (Å²) in [6, 6.07) is 11.9. The first-order valence-corrected chi connectivity index (χ1v) is 11.6. The topological polar surface area (TPSA) is 81.9 Å². The Morgan fingerprint density at radius 1 is 1.16 bits per heavy atom. The summed E-state index contributed by atoms with van der Waals surface area (Å²) in [6.45, 7) is 4.49. The molecule has 1 aliphatic carbocycles. The lowest BCUT2D eigenvalue weighted by atomic mass is 10.2. The number of benzene rings is 1. The Morgan fingerprint density at radius 2 is 1.87 bits per heavy atom. The number of thioether (sulfide) groups is 1. The number of carbonyl (C=O) groups excluding carboxylic acids is 1. The summed E-state index contributed by atoms with van der Waals surface area (Å²) in [6.07, 6.45) is 7.98. The van der Waals surface area contributed by atoms with Gasteiger partial charge in [0.15, 0.2) is 11.0 Å². The van der Waals surface area contributed by atoms with E-state index < -0.39 is 0 Å². The van der Waals surface area contributed by atoms with Gasteiger partial charge in [-0.05, 0) is 63.1 Å². The van der Waals surface area contributed by atoms with Gasteiger partial charge >= 0.3 is 0 Å². The maximum absolute atomic E-state index is 12.7. The second-order valence-electron chi connectivity index (χ2n) is 7.55. The van der Waals surface area contributed by atoms with E-state index in [-0.39, 0.29) is 11.2 Å². The number of pyridine rings is 1. The molecule has 0 aliphatic heterocycles. The first-order valence-electron chi connectivity index (χ1n) is 10.7. The molecular formula is C23H27N5O2S. The van der Waals surface area contributed by atoms with Gasteiger partial charge in [-0.25, -0.2) is 0 Å². The van der Waals surface area contributed by atoms with Crippen molar-refractivity contribution in [2.24, 2.45) is 0 Å². The summed E-state index contributed by atoms with van der Waals surface area (Å²) in [7, 11) is 0. The van der Waals surface area contributed by atoms with Crippen molar-refractivity contribution in [1.82, 2.24) is 25.1 Å². The van der Waals surface area contributed by atoms with Gasteiger partial charge in [0, 0.05) is 29.7 Å². The minimum Gasteiger partial charge on any atom is -0.494 e. The number of ether oxygens (including phenoxy) is 1. The first-order chi connectivity index (χ1) is 15.2. The molecule has 0 spiro atoms. The molecule has 7 nitrogen and oxygen atoms in total. The molecule has 1 aliphatic rings. The number of rotatable bonds is 8. The van der Waals surface area contributed by atoms with E-state index in [1.807, 2.05) is 54.8 Å². The number of aromatic nitrogens is 4.